The molecular formula is C18H17N3O4. The second-order valence-corrected chi connectivity index (χ2v) is 5.47. The number of carbonyl (C=O) groups excluding carboxylic acids is 2. The molecular weight excluding hydrogens is 322 g/mol. The number of nitrogen functional groups attached to an aromatic ring is 1. The zero-order chi connectivity index (χ0) is 18.0. The molecule has 2 aromatic carbocycles. The number of rotatable bonds is 4. The first-order valence-corrected chi connectivity index (χ1v) is 7.51. The number of nitrogens with zero attached hydrogens (tertiary/aromatic N) is 1. The number of nitrogens with two attached hydrogens (primary N) is 2. The van der Waals surface area contributed by atoms with E-state index in [0.29, 0.717) is 22.9 Å². The number of carbonyl (C=O) groups is 2. The van der Waals surface area contributed by atoms with Crippen LogP contribution in [0.15, 0.2) is 48.2 Å². The maximum absolute atomic E-state index is 12.7. The van der Waals surface area contributed by atoms with E-state index < -0.39 is 11.8 Å². The van der Waals surface area contributed by atoms with Crippen molar-refractivity contribution in [3.8, 4) is 11.5 Å². The summed E-state index contributed by atoms with van der Waals surface area (Å²) >= 11 is 0. The molecule has 7 heteroatoms. The van der Waals surface area contributed by atoms with Gasteiger partial charge in [0.1, 0.15) is 12.3 Å². The Bertz CT molecular complexity index is 876. The molecule has 1 aliphatic rings. The first-order valence-electron chi connectivity index (χ1n) is 7.51. The summed E-state index contributed by atoms with van der Waals surface area (Å²) in [4.78, 5) is 25.4. The van der Waals surface area contributed by atoms with E-state index in [1.54, 1.807) is 49.6 Å². The minimum absolute atomic E-state index is 0.0757. The molecule has 25 heavy (non-hydrogen) atoms. The Balaban J connectivity index is 2.04. The van der Waals surface area contributed by atoms with E-state index in [1.807, 2.05) is 6.07 Å². The van der Waals surface area contributed by atoms with Gasteiger partial charge in [-0.2, -0.15) is 0 Å². The molecule has 0 bridgehead atoms. The Hall–Kier alpha value is -3.48. The Labute approximate surface area is 144 Å². The average molecular weight is 339 g/mol. The third kappa shape index (κ3) is 3.40. The van der Waals surface area contributed by atoms with Crippen LogP contribution in [0.4, 0.5) is 11.4 Å². The Kier molecular flexibility index (Phi) is 4.30. The summed E-state index contributed by atoms with van der Waals surface area (Å²) < 4.78 is 10.9. The lowest BCUT2D eigenvalue weighted by Gasteiger charge is -2.29. The quantitative estimate of drug-likeness (QED) is 0.649. The van der Waals surface area contributed by atoms with Crippen molar-refractivity contribution < 1.29 is 19.1 Å². The Morgan fingerprint density at radius 3 is 2.80 bits per heavy atom. The maximum atomic E-state index is 12.7. The standard InChI is InChI=1S/C18H17N3O4/c1-24-13-4-2-3-11(7-13)8-16-18(23)21(10-17(20)22)14-9-12(19)5-6-15(14)25-16/h2-9H,10,19H2,1H3,(H2,20,22)/b16-8+. The third-order valence-electron chi connectivity index (χ3n) is 3.66. The molecule has 1 aliphatic heterocycles. The molecule has 2 amide bonds. The van der Waals surface area contributed by atoms with Gasteiger partial charge in [0.2, 0.25) is 5.91 Å². The molecule has 0 fully saturated rings. The van der Waals surface area contributed by atoms with E-state index in [0.717, 1.165) is 5.56 Å². The van der Waals surface area contributed by atoms with Gasteiger partial charge in [-0.05, 0) is 42.0 Å². The fraction of sp³-hybridized carbons (Fsp3) is 0.111. The smallest absolute Gasteiger partial charge is 0.294 e. The van der Waals surface area contributed by atoms with Gasteiger partial charge in [-0.1, -0.05) is 12.1 Å². The van der Waals surface area contributed by atoms with E-state index in [1.165, 1.54) is 4.90 Å². The van der Waals surface area contributed by atoms with Gasteiger partial charge in [-0.25, -0.2) is 0 Å². The number of fused-ring (bicyclic) bond motifs is 1. The first-order chi connectivity index (χ1) is 12.0. The molecule has 0 atom stereocenters. The molecule has 2 aromatic rings. The van der Waals surface area contributed by atoms with E-state index in [9.17, 15) is 9.59 Å². The van der Waals surface area contributed by atoms with Crippen LogP contribution in [0.2, 0.25) is 0 Å². The fourth-order valence-electron chi connectivity index (χ4n) is 2.52. The van der Waals surface area contributed by atoms with Crippen molar-refractivity contribution in [2.75, 3.05) is 24.3 Å². The summed E-state index contributed by atoms with van der Waals surface area (Å²) in [5, 5.41) is 0. The highest BCUT2D eigenvalue weighted by molar-refractivity contribution is 6.12. The predicted octanol–water partition coefficient (Wildman–Crippen LogP) is 1.53. The van der Waals surface area contributed by atoms with Gasteiger partial charge in [-0.3, -0.25) is 14.5 Å². The van der Waals surface area contributed by atoms with Crippen LogP contribution in [0, 0.1) is 0 Å². The monoisotopic (exact) mass is 339 g/mol. The Morgan fingerprint density at radius 1 is 1.28 bits per heavy atom. The number of hydrogen-bond donors (Lipinski definition) is 2. The number of primary amides is 1. The number of benzene rings is 2. The summed E-state index contributed by atoms with van der Waals surface area (Å²) in [7, 11) is 1.56. The second-order valence-electron chi connectivity index (χ2n) is 5.47. The topological polar surface area (TPSA) is 108 Å². The largest absolute Gasteiger partial charge is 0.497 e. The SMILES string of the molecule is COc1cccc(/C=C2/Oc3ccc(N)cc3N(CC(N)=O)C2=O)c1. The van der Waals surface area contributed by atoms with Gasteiger partial charge >= 0.3 is 0 Å². The molecule has 128 valence electrons. The van der Waals surface area contributed by atoms with Crippen molar-refractivity contribution in [1.82, 2.24) is 0 Å². The summed E-state index contributed by atoms with van der Waals surface area (Å²) in [6.07, 6.45) is 1.58. The molecule has 0 radical (unpaired) electrons. The fourth-order valence-corrected chi connectivity index (χ4v) is 2.52. The molecule has 0 saturated carbocycles. The average Bonchev–Trinajstić information content (AvgIpc) is 2.59. The van der Waals surface area contributed by atoms with Crippen LogP contribution in [0.25, 0.3) is 6.08 Å². The lowest BCUT2D eigenvalue weighted by atomic mass is 10.1. The highest BCUT2D eigenvalue weighted by Gasteiger charge is 2.31. The molecule has 0 aliphatic carbocycles. The highest BCUT2D eigenvalue weighted by atomic mass is 16.5. The van der Waals surface area contributed by atoms with Gasteiger partial charge in [0.05, 0.1) is 12.8 Å². The van der Waals surface area contributed by atoms with Gasteiger partial charge in [0, 0.05) is 5.69 Å². The van der Waals surface area contributed by atoms with Gasteiger partial charge in [-0.15, -0.1) is 0 Å². The van der Waals surface area contributed by atoms with E-state index >= 15 is 0 Å². The van der Waals surface area contributed by atoms with Crippen molar-refractivity contribution in [3.05, 3.63) is 53.8 Å². The predicted molar refractivity (Wildman–Crippen MR) is 94.0 cm³/mol. The number of methoxy groups -OCH3 is 1. The molecule has 7 nitrogen and oxygen atoms in total. The van der Waals surface area contributed by atoms with Crippen LogP contribution in [-0.2, 0) is 9.59 Å². The Morgan fingerprint density at radius 2 is 2.08 bits per heavy atom. The van der Waals surface area contributed by atoms with Crippen molar-refractivity contribution in [2.24, 2.45) is 5.73 Å². The summed E-state index contributed by atoms with van der Waals surface area (Å²) in [6.45, 7) is -0.270. The lowest BCUT2D eigenvalue weighted by Crippen LogP contribution is -2.42. The molecule has 0 unspecified atom stereocenters. The number of amides is 2. The van der Waals surface area contributed by atoms with Gasteiger partial charge in [0.15, 0.2) is 11.5 Å². The zero-order valence-electron chi connectivity index (χ0n) is 13.6. The minimum atomic E-state index is -0.635. The molecule has 0 spiro atoms. The summed E-state index contributed by atoms with van der Waals surface area (Å²) in [5.41, 5.74) is 12.6. The summed E-state index contributed by atoms with van der Waals surface area (Å²) in [5.74, 6) is 0.0415. The van der Waals surface area contributed by atoms with Crippen LogP contribution in [-0.4, -0.2) is 25.5 Å². The first kappa shape index (κ1) is 16.4. The second kappa shape index (κ2) is 6.56. The highest BCUT2D eigenvalue weighted by Crippen LogP contribution is 2.37. The van der Waals surface area contributed by atoms with Crippen molar-refractivity contribution >= 4 is 29.3 Å². The van der Waals surface area contributed by atoms with E-state index in [2.05, 4.69) is 0 Å². The van der Waals surface area contributed by atoms with Gasteiger partial charge < -0.3 is 20.9 Å². The molecule has 0 aromatic heterocycles. The molecule has 4 N–H and O–H groups in total. The van der Waals surface area contributed by atoms with Crippen LogP contribution in [0.3, 0.4) is 0 Å². The van der Waals surface area contributed by atoms with E-state index in [-0.39, 0.29) is 12.3 Å². The summed E-state index contributed by atoms with van der Waals surface area (Å²) in [6, 6.07) is 12.0. The van der Waals surface area contributed by atoms with Gasteiger partial charge in [0.25, 0.3) is 5.91 Å². The zero-order valence-corrected chi connectivity index (χ0v) is 13.6. The van der Waals surface area contributed by atoms with E-state index in [4.69, 9.17) is 20.9 Å². The molecule has 3 rings (SSSR count). The third-order valence-corrected chi connectivity index (χ3v) is 3.66. The van der Waals surface area contributed by atoms with Crippen LogP contribution >= 0.6 is 0 Å². The van der Waals surface area contributed by atoms with Crippen molar-refractivity contribution in [1.29, 1.82) is 0 Å². The molecule has 1 heterocycles. The normalized spacial score (nSPS) is 14.8. The van der Waals surface area contributed by atoms with Crippen molar-refractivity contribution in [2.45, 2.75) is 0 Å². The number of anilines is 2. The van der Waals surface area contributed by atoms with Crippen LogP contribution in [0.5, 0.6) is 11.5 Å². The molecule has 0 saturated heterocycles. The number of ether oxygens (including phenoxy) is 2. The lowest BCUT2D eigenvalue weighted by molar-refractivity contribution is -0.121. The minimum Gasteiger partial charge on any atom is -0.497 e. The van der Waals surface area contributed by atoms with Crippen molar-refractivity contribution in [3.63, 3.8) is 0 Å². The maximum Gasteiger partial charge on any atom is 0.294 e. The van der Waals surface area contributed by atoms with Crippen LogP contribution in [0.1, 0.15) is 5.56 Å². The number of hydrogen-bond acceptors (Lipinski definition) is 5. The van der Waals surface area contributed by atoms with Crippen LogP contribution < -0.4 is 25.8 Å².